The van der Waals surface area contributed by atoms with E-state index in [4.69, 9.17) is 9.47 Å². The quantitative estimate of drug-likeness (QED) is 0.416. The number of benzene rings is 1. The van der Waals surface area contributed by atoms with E-state index in [1.165, 1.54) is 12.3 Å². The van der Waals surface area contributed by atoms with Crippen molar-refractivity contribution in [2.45, 2.75) is 78.2 Å². The molecule has 9 heteroatoms. The molecule has 2 aliphatic heterocycles. The maximum absolute atomic E-state index is 14.2. The van der Waals surface area contributed by atoms with Crippen LogP contribution in [0.2, 0.25) is 0 Å². The number of H-pyrrole nitrogens is 1. The molecule has 1 saturated carbocycles. The van der Waals surface area contributed by atoms with Crippen LogP contribution < -0.4 is 15.0 Å². The van der Waals surface area contributed by atoms with E-state index in [0.29, 0.717) is 47.2 Å². The number of nitrogens with zero attached hydrogens (tertiary/aromatic N) is 3. The Bertz CT molecular complexity index is 1610. The van der Waals surface area contributed by atoms with Gasteiger partial charge < -0.3 is 24.3 Å². The molecule has 222 valence electrons. The summed E-state index contributed by atoms with van der Waals surface area (Å²) in [7, 11) is 4.25. The van der Waals surface area contributed by atoms with Crippen LogP contribution >= 0.6 is 0 Å². The number of hydrogen-bond acceptors (Lipinski definition) is 6. The Labute approximate surface area is 245 Å². The number of rotatable bonds is 5. The van der Waals surface area contributed by atoms with Gasteiger partial charge in [0.15, 0.2) is 11.5 Å². The molecule has 1 unspecified atom stereocenters. The summed E-state index contributed by atoms with van der Waals surface area (Å²) in [6, 6.07) is 5.47. The van der Waals surface area contributed by atoms with Gasteiger partial charge in [-0.1, -0.05) is 0 Å². The summed E-state index contributed by atoms with van der Waals surface area (Å²) >= 11 is 0. The molecule has 3 aliphatic rings. The third kappa shape index (κ3) is 4.77. The van der Waals surface area contributed by atoms with Crippen LogP contribution in [0, 0.1) is 32.6 Å². The average Bonchev–Trinajstić information content (AvgIpc) is 3.31. The molecule has 1 amide bonds. The minimum Gasteiger partial charge on any atom is -0.448 e. The predicted molar refractivity (Wildman–Crippen MR) is 158 cm³/mol. The van der Waals surface area contributed by atoms with Crippen LogP contribution in [-0.2, 0) is 13.0 Å². The first-order chi connectivity index (χ1) is 20.0. The van der Waals surface area contributed by atoms with Crippen molar-refractivity contribution in [3.63, 3.8) is 0 Å². The lowest BCUT2D eigenvalue weighted by atomic mass is 9.81. The number of amides is 1. The van der Waals surface area contributed by atoms with Crippen molar-refractivity contribution >= 4 is 5.91 Å². The van der Waals surface area contributed by atoms with Gasteiger partial charge in [0.05, 0.1) is 12.1 Å². The third-order valence-corrected chi connectivity index (χ3v) is 9.52. The molecule has 1 fully saturated rings. The number of fused-ring (bicyclic) bond motifs is 2. The highest BCUT2D eigenvalue weighted by atomic mass is 19.1. The standard InChI is InChI=1S/C33H39FN4O4/c1-18-15-19(2)36-31(39)25(18)17-38-14-13-24-27(32(38)40)20(3)29-30(28(24)21-7-12-26(34)35-16-21)42-33(4,41-29)22-8-10-23(11-9-22)37(5)6/h7,12,15-16,22-23H,8-11,13-14,17H2,1-6H3,(H,36,39)/t22-,23-,33?. The summed E-state index contributed by atoms with van der Waals surface area (Å²) in [4.78, 5) is 37.7. The monoisotopic (exact) mass is 574 g/mol. The Morgan fingerprint density at radius 3 is 2.43 bits per heavy atom. The molecule has 1 atom stereocenters. The summed E-state index contributed by atoms with van der Waals surface area (Å²) < 4.78 is 27.4. The number of nitrogens with one attached hydrogen (secondary N) is 1. The minimum absolute atomic E-state index is 0.157. The fourth-order valence-corrected chi connectivity index (χ4v) is 7.11. The zero-order valence-electron chi connectivity index (χ0n) is 25.3. The number of ether oxygens (including phenoxy) is 2. The SMILES string of the molecule is Cc1cc(C)c(CN2CCc3c(c(C)c4c(c3-c3ccc(F)nc3)OC(C)([C@H]3CC[C@H](N(C)C)CC3)O4)C2=O)c(=O)[nH]1. The number of aromatic nitrogens is 2. The smallest absolute Gasteiger partial charge is 0.254 e. The van der Waals surface area contributed by atoms with E-state index in [1.807, 2.05) is 33.8 Å². The first kappa shape index (κ1) is 28.4. The Hall–Kier alpha value is -3.72. The molecule has 0 radical (unpaired) electrons. The van der Waals surface area contributed by atoms with Gasteiger partial charge in [-0.15, -0.1) is 0 Å². The van der Waals surface area contributed by atoms with E-state index in [1.54, 1.807) is 11.0 Å². The van der Waals surface area contributed by atoms with Gasteiger partial charge in [-0.25, -0.2) is 4.98 Å². The Morgan fingerprint density at radius 1 is 1.07 bits per heavy atom. The highest BCUT2D eigenvalue weighted by Crippen LogP contribution is 2.55. The van der Waals surface area contributed by atoms with Crippen molar-refractivity contribution in [1.29, 1.82) is 0 Å². The summed E-state index contributed by atoms with van der Waals surface area (Å²) in [6.07, 6.45) is 6.11. The molecule has 3 aromatic rings. The lowest BCUT2D eigenvalue weighted by Crippen LogP contribution is -2.46. The maximum Gasteiger partial charge on any atom is 0.254 e. The molecule has 0 spiro atoms. The summed E-state index contributed by atoms with van der Waals surface area (Å²) in [5, 5.41) is 0. The van der Waals surface area contributed by atoms with Gasteiger partial charge in [0.25, 0.3) is 17.3 Å². The lowest BCUT2D eigenvalue weighted by molar-refractivity contribution is -0.123. The molecular weight excluding hydrogens is 535 g/mol. The number of aryl methyl sites for hydroxylation is 2. The zero-order chi connectivity index (χ0) is 29.9. The van der Waals surface area contributed by atoms with Crippen molar-refractivity contribution in [2.24, 2.45) is 5.92 Å². The van der Waals surface area contributed by atoms with E-state index >= 15 is 0 Å². The highest BCUT2D eigenvalue weighted by Gasteiger charge is 2.49. The normalized spacial score (nSPS) is 23.4. The first-order valence-corrected chi connectivity index (χ1v) is 14.8. The maximum atomic E-state index is 14.2. The van der Waals surface area contributed by atoms with Gasteiger partial charge in [-0.3, -0.25) is 9.59 Å². The van der Waals surface area contributed by atoms with Crippen LogP contribution in [-0.4, -0.2) is 58.1 Å². The molecule has 0 bridgehead atoms. The van der Waals surface area contributed by atoms with Gasteiger partial charge in [0, 0.05) is 59.6 Å². The number of pyridine rings is 2. The molecule has 0 saturated heterocycles. The van der Waals surface area contributed by atoms with Crippen LogP contribution in [0.25, 0.3) is 11.1 Å². The molecule has 1 aliphatic carbocycles. The third-order valence-electron chi connectivity index (χ3n) is 9.52. The van der Waals surface area contributed by atoms with Crippen LogP contribution in [0.3, 0.4) is 0 Å². The van der Waals surface area contributed by atoms with E-state index in [-0.39, 0.29) is 23.9 Å². The summed E-state index contributed by atoms with van der Waals surface area (Å²) in [6.45, 7) is 8.31. The van der Waals surface area contributed by atoms with Gasteiger partial charge in [-0.2, -0.15) is 4.39 Å². The molecule has 2 aromatic heterocycles. The topological polar surface area (TPSA) is 87.8 Å². The van der Waals surface area contributed by atoms with Crippen molar-refractivity contribution < 1.29 is 18.7 Å². The molecule has 8 nitrogen and oxygen atoms in total. The largest absolute Gasteiger partial charge is 0.448 e. The van der Waals surface area contributed by atoms with Crippen molar-refractivity contribution in [3.05, 3.63) is 74.2 Å². The van der Waals surface area contributed by atoms with Gasteiger partial charge in [0.1, 0.15) is 0 Å². The average molecular weight is 575 g/mol. The van der Waals surface area contributed by atoms with Crippen molar-refractivity contribution in [1.82, 2.24) is 19.8 Å². The first-order valence-electron chi connectivity index (χ1n) is 14.8. The Morgan fingerprint density at radius 2 is 1.79 bits per heavy atom. The van der Waals surface area contributed by atoms with E-state index in [9.17, 15) is 14.0 Å². The molecule has 42 heavy (non-hydrogen) atoms. The predicted octanol–water partition coefficient (Wildman–Crippen LogP) is 5.31. The van der Waals surface area contributed by atoms with Gasteiger partial charge in [0.2, 0.25) is 5.95 Å². The summed E-state index contributed by atoms with van der Waals surface area (Å²) in [5.74, 6) is -0.270. The van der Waals surface area contributed by atoms with Crippen LogP contribution in [0.1, 0.15) is 70.9 Å². The lowest BCUT2D eigenvalue weighted by Gasteiger charge is -2.39. The fraction of sp³-hybridized carbons (Fsp3) is 0.485. The second-order valence-corrected chi connectivity index (χ2v) is 12.5. The Balaban J connectivity index is 1.41. The number of carbonyl (C=O) groups excluding carboxylic acids is 1. The summed E-state index contributed by atoms with van der Waals surface area (Å²) in [5.41, 5.74) is 5.61. The van der Waals surface area contributed by atoms with Crippen molar-refractivity contribution in [3.8, 4) is 22.6 Å². The molecule has 6 rings (SSSR count). The molecule has 1 aromatic carbocycles. The van der Waals surface area contributed by atoms with Gasteiger partial charge in [-0.05, 0) is 96.3 Å². The van der Waals surface area contributed by atoms with Crippen molar-refractivity contribution in [2.75, 3.05) is 20.6 Å². The van der Waals surface area contributed by atoms with Gasteiger partial charge >= 0.3 is 0 Å². The second-order valence-electron chi connectivity index (χ2n) is 12.5. The zero-order valence-corrected chi connectivity index (χ0v) is 25.3. The Kier molecular flexibility index (Phi) is 7.12. The number of carbonyl (C=O) groups is 1. The van der Waals surface area contributed by atoms with E-state index in [2.05, 4.69) is 29.0 Å². The molecule has 4 heterocycles. The molecule has 1 N–H and O–H groups in total. The number of aromatic amines is 1. The van der Waals surface area contributed by atoms with Crippen LogP contribution in [0.5, 0.6) is 11.5 Å². The van der Waals surface area contributed by atoms with Crippen LogP contribution in [0.15, 0.2) is 29.2 Å². The van der Waals surface area contributed by atoms with E-state index in [0.717, 1.165) is 53.6 Å². The number of halogens is 1. The second kappa shape index (κ2) is 10.5. The van der Waals surface area contributed by atoms with E-state index < -0.39 is 11.7 Å². The highest BCUT2D eigenvalue weighted by molar-refractivity contribution is 6.02. The number of hydrogen-bond donors (Lipinski definition) is 1. The fourth-order valence-electron chi connectivity index (χ4n) is 7.11. The molecular formula is C33H39FN4O4. The minimum atomic E-state index is -0.883. The van der Waals surface area contributed by atoms with Crippen LogP contribution in [0.4, 0.5) is 4.39 Å².